The van der Waals surface area contributed by atoms with E-state index >= 15 is 0 Å². The molecule has 0 aromatic heterocycles. The zero-order valence-corrected chi connectivity index (χ0v) is 9.13. The number of rotatable bonds is 5. The molecule has 2 N–H and O–H groups in total. The van der Waals surface area contributed by atoms with Crippen LogP contribution >= 0.6 is 11.6 Å². The molecule has 0 bridgehead atoms. The molecule has 0 heterocycles. The number of phenolic OH excluding ortho intramolecular Hbond substituents is 1. The Morgan fingerprint density at radius 1 is 1.27 bits per heavy atom. The van der Waals surface area contributed by atoms with Gasteiger partial charge < -0.3 is 10.4 Å². The number of aromatic hydroxyl groups is 1. The van der Waals surface area contributed by atoms with Crippen LogP contribution in [0.5, 0.6) is 5.75 Å². The van der Waals surface area contributed by atoms with E-state index in [0.717, 1.165) is 12.8 Å². The summed E-state index contributed by atoms with van der Waals surface area (Å²) in [5.74, 6) is 0.757. The van der Waals surface area contributed by atoms with Crippen LogP contribution in [0.4, 0.5) is 5.69 Å². The number of hydrogen-bond acceptors (Lipinski definition) is 2. The maximum absolute atomic E-state index is 11.4. The number of anilines is 1. The van der Waals surface area contributed by atoms with Gasteiger partial charge in [-0.05, 0) is 37.1 Å². The summed E-state index contributed by atoms with van der Waals surface area (Å²) in [6.45, 7) is 0. The Kier molecular flexibility index (Phi) is 4.98. The molecular formula is C11H14ClNO2. The van der Waals surface area contributed by atoms with E-state index in [4.69, 9.17) is 16.7 Å². The molecule has 0 unspecified atom stereocenters. The highest BCUT2D eigenvalue weighted by molar-refractivity contribution is 6.17. The van der Waals surface area contributed by atoms with Crippen LogP contribution in [-0.4, -0.2) is 16.9 Å². The maximum atomic E-state index is 11.4. The van der Waals surface area contributed by atoms with E-state index in [1.807, 2.05) is 0 Å². The summed E-state index contributed by atoms with van der Waals surface area (Å²) in [5.41, 5.74) is 0.698. The van der Waals surface area contributed by atoms with Crippen molar-refractivity contribution in [3.05, 3.63) is 24.3 Å². The first-order valence-electron chi connectivity index (χ1n) is 4.87. The van der Waals surface area contributed by atoms with Crippen molar-refractivity contribution >= 4 is 23.2 Å². The molecule has 3 nitrogen and oxygen atoms in total. The number of alkyl halides is 1. The zero-order chi connectivity index (χ0) is 11.1. The highest BCUT2D eigenvalue weighted by Crippen LogP contribution is 2.14. The lowest BCUT2D eigenvalue weighted by Gasteiger charge is -2.04. The molecule has 4 heteroatoms. The van der Waals surface area contributed by atoms with Gasteiger partial charge in [-0.15, -0.1) is 11.6 Å². The minimum atomic E-state index is -0.0224. The van der Waals surface area contributed by atoms with Crippen LogP contribution in [0.1, 0.15) is 19.3 Å². The molecule has 1 aromatic rings. The van der Waals surface area contributed by atoms with Gasteiger partial charge in [-0.2, -0.15) is 0 Å². The molecule has 0 aliphatic rings. The number of halogens is 1. The molecule has 0 fully saturated rings. The van der Waals surface area contributed by atoms with E-state index < -0.39 is 0 Å². The molecule has 0 aliphatic heterocycles. The number of carbonyl (C=O) groups excluding carboxylic acids is 1. The molecule has 0 atom stereocenters. The van der Waals surface area contributed by atoms with Crippen molar-refractivity contribution in [3.63, 3.8) is 0 Å². The van der Waals surface area contributed by atoms with Gasteiger partial charge in [0.25, 0.3) is 0 Å². The summed E-state index contributed by atoms with van der Waals surface area (Å²) < 4.78 is 0. The third-order valence-electron chi connectivity index (χ3n) is 1.94. The lowest BCUT2D eigenvalue weighted by molar-refractivity contribution is -0.116. The van der Waals surface area contributed by atoms with Gasteiger partial charge in [0.1, 0.15) is 5.75 Å². The Bertz CT molecular complexity index is 311. The van der Waals surface area contributed by atoms with Crippen LogP contribution in [0.25, 0.3) is 0 Å². The zero-order valence-electron chi connectivity index (χ0n) is 8.37. The molecule has 0 radical (unpaired) electrons. The molecule has 0 saturated heterocycles. The number of unbranched alkanes of at least 4 members (excludes halogenated alkanes) is 1. The highest BCUT2D eigenvalue weighted by Gasteiger charge is 2.01. The van der Waals surface area contributed by atoms with Crippen molar-refractivity contribution in [2.75, 3.05) is 11.2 Å². The standard InChI is InChI=1S/C11H14ClNO2/c12-8-2-1-3-11(15)13-9-4-6-10(14)7-5-9/h4-7,14H,1-3,8H2,(H,13,15). The van der Waals surface area contributed by atoms with Gasteiger partial charge in [0.2, 0.25) is 5.91 Å². The lowest BCUT2D eigenvalue weighted by atomic mass is 10.2. The van der Waals surface area contributed by atoms with E-state index in [-0.39, 0.29) is 11.7 Å². The molecule has 15 heavy (non-hydrogen) atoms. The quantitative estimate of drug-likeness (QED) is 0.462. The van der Waals surface area contributed by atoms with Crippen LogP contribution in [-0.2, 0) is 4.79 Å². The Labute approximate surface area is 94.1 Å². The minimum Gasteiger partial charge on any atom is -0.508 e. The van der Waals surface area contributed by atoms with E-state index in [2.05, 4.69) is 5.32 Å². The first kappa shape index (κ1) is 11.9. The predicted octanol–water partition coefficient (Wildman–Crippen LogP) is 2.74. The van der Waals surface area contributed by atoms with Gasteiger partial charge in [-0.1, -0.05) is 0 Å². The average Bonchev–Trinajstić information content (AvgIpc) is 2.22. The van der Waals surface area contributed by atoms with Crippen molar-refractivity contribution in [3.8, 4) is 5.75 Å². The van der Waals surface area contributed by atoms with Crippen LogP contribution in [0.3, 0.4) is 0 Å². The van der Waals surface area contributed by atoms with Crippen molar-refractivity contribution in [1.29, 1.82) is 0 Å². The second-order valence-electron chi connectivity index (χ2n) is 3.24. The Hall–Kier alpha value is -1.22. The van der Waals surface area contributed by atoms with Crippen LogP contribution < -0.4 is 5.32 Å². The van der Waals surface area contributed by atoms with Gasteiger partial charge in [0, 0.05) is 18.0 Å². The van der Waals surface area contributed by atoms with Gasteiger partial charge >= 0.3 is 0 Å². The van der Waals surface area contributed by atoms with Crippen LogP contribution in [0.15, 0.2) is 24.3 Å². The smallest absolute Gasteiger partial charge is 0.224 e. The number of phenols is 1. The summed E-state index contributed by atoms with van der Waals surface area (Å²) in [6.07, 6.45) is 2.13. The van der Waals surface area contributed by atoms with E-state index in [1.54, 1.807) is 12.1 Å². The van der Waals surface area contributed by atoms with E-state index in [9.17, 15) is 4.79 Å². The molecular weight excluding hydrogens is 214 g/mol. The molecule has 1 rings (SSSR count). The fourth-order valence-corrected chi connectivity index (χ4v) is 1.34. The molecule has 82 valence electrons. The predicted molar refractivity (Wildman–Crippen MR) is 61.3 cm³/mol. The number of hydrogen-bond donors (Lipinski definition) is 2. The Morgan fingerprint density at radius 3 is 2.53 bits per heavy atom. The van der Waals surface area contributed by atoms with E-state index in [0.29, 0.717) is 18.0 Å². The molecule has 1 aromatic carbocycles. The summed E-state index contributed by atoms with van der Waals surface area (Å²) in [4.78, 5) is 11.4. The number of amides is 1. The second kappa shape index (κ2) is 6.30. The molecule has 0 aliphatic carbocycles. The number of nitrogens with one attached hydrogen (secondary N) is 1. The maximum Gasteiger partial charge on any atom is 0.224 e. The van der Waals surface area contributed by atoms with Crippen molar-refractivity contribution in [2.45, 2.75) is 19.3 Å². The fourth-order valence-electron chi connectivity index (χ4n) is 1.15. The van der Waals surface area contributed by atoms with Crippen molar-refractivity contribution in [2.24, 2.45) is 0 Å². The summed E-state index contributed by atoms with van der Waals surface area (Å²) >= 11 is 5.50. The minimum absolute atomic E-state index is 0.0224. The average molecular weight is 228 g/mol. The van der Waals surface area contributed by atoms with Gasteiger partial charge in [-0.25, -0.2) is 0 Å². The molecule has 0 saturated carbocycles. The van der Waals surface area contributed by atoms with Gasteiger partial charge in [-0.3, -0.25) is 4.79 Å². The Morgan fingerprint density at radius 2 is 1.93 bits per heavy atom. The van der Waals surface area contributed by atoms with E-state index in [1.165, 1.54) is 12.1 Å². The van der Waals surface area contributed by atoms with Crippen molar-refractivity contribution < 1.29 is 9.90 Å². The van der Waals surface area contributed by atoms with Crippen LogP contribution in [0, 0.1) is 0 Å². The summed E-state index contributed by atoms with van der Waals surface area (Å²) in [5, 5.41) is 11.8. The number of carbonyl (C=O) groups is 1. The van der Waals surface area contributed by atoms with Gasteiger partial charge in [0.05, 0.1) is 0 Å². The SMILES string of the molecule is O=C(CCCCCl)Nc1ccc(O)cc1. The summed E-state index contributed by atoms with van der Waals surface area (Å²) in [6, 6.07) is 6.40. The first-order valence-corrected chi connectivity index (χ1v) is 5.40. The van der Waals surface area contributed by atoms with Crippen LogP contribution in [0.2, 0.25) is 0 Å². The topological polar surface area (TPSA) is 49.3 Å². The second-order valence-corrected chi connectivity index (χ2v) is 3.62. The largest absolute Gasteiger partial charge is 0.508 e. The molecule has 0 spiro atoms. The van der Waals surface area contributed by atoms with Crippen molar-refractivity contribution in [1.82, 2.24) is 0 Å². The monoisotopic (exact) mass is 227 g/mol. The fraction of sp³-hybridized carbons (Fsp3) is 0.364. The molecule has 1 amide bonds. The lowest BCUT2D eigenvalue weighted by Crippen LogP contribution is -2.10. The third kappa shape index (κ3) is 4.70. The summed E-state index contributed by atoms with van der Waals surface area (Å²) in [7, 11) is 0. The highest BCUT2D eigenvalue weighted by atomic mass is 35.5. The first-order chi connectivity index (χ1) is 7.22. The Balaban J connectivity index is 2.34. The van der Waals surface area contributed by atoms with Gasteiger partial charge in [0.15, 0.2) is 0 Å². The number of benzene rings is 1. The normalized spacial score (nSPS) is 9.93. The third-order valence-corrected chi connectivity index (χ3v) is 2.21.